The minimum Gasteiger partial charge on any atom is -0.264 e. The Morgan fingerprint density at radius 3 is 1.40 bits per heavy atom. The molecule has 30 heavy (non-hydrogen) atoms. The third-order valence-electron chi connectivity index (χ3n) is 4.45. The van der Waals surface area contributed by atoms with Gasteiger partial charge in [-0.1, -0.05) is 78.1 Å². The van der Waals surface area contributed by atoms with Gasteiger partial charge in [0, 0.05) is 0 Å². The van der Waals surface area contributed by atoms with Crippen LogP contribution in [0.5, 0.6) is 0 Å². The van der Waals surface area contributed by atoms with Gasteiger partial charge in [0.15, 0.2) is 0 Å². The zero-order valence-corrected chi connectivity index (χ0v) is 19.7. The highest BCUT2D eigenvalue weighted by atomic mass is 32.2. The maximum atomic E-state index is 12.2. The molecule has 0 aliphatic heterocycles. The first-order chi connectivity index (χ1) is 14.3. The standard InChI is InChI=1S/C19H35N3O6S2/c1-3-5-7-9-11-13-15-27-29(23,24)18-20-17-21-19(22-18)30(25,26)28-16-14-12-10-8-6-4-2/h17H,3-16H2,1-2H3. The maximum Gasteiger partial charge on any atom is 0.333 e. The van der Waals surface area contributed by atoms with Crippen molar-refractivity contribution in [3.63, 3.8) is 0 Å². The summed E-state index contributed by atoms with van der Waals surface area (Å²) in [5.74, 6) is 0. The maximum absolute atomic E-state index is 12.2. The van der Waals surface area contributed by atoms with E-state index in [4.69, 9.17) is 8.37 Å². The lowest BCUT2D eigenvalue weighted by Gasteiger charge is -2.07. The van der Waals surface area contributed by atoms with Gasteiger partial charge < -0.3 is 0 Å². The summed E-state index contributed by atoms with van der Waals surface area (Å²) in [4.78, 5) is 10.6. The Kier molecular flexibility index (Phi) is 13.2. The number of nitrogens with zero attached hydrogens (tertiary/aromatic N) is 3. The molecule has 0 atom stereocenters. The van der Waals surface area contributed by atoms with E-state index in [9.17, 15) is 16.8 Å². The Balaban J connectivity index is 2.52. The van der Waals surface area contributed by atoms with Crippen molar-refractivity contribution in [2.75, 3.05) is 13.2 Å². The van der Waals surface area contributed by atoms with Gasteiger partial charge in [-0.05, 0) is 12.8 Å². The Morgan fingerprint density at radius 2 is 1.00 bits per heavy atom. The Labute approximate surface area is 181 Å². The fourth-order valence-corrected chi connectivity index (χ4v) is 4.41. The van der Waals surface area contributed by atoms with Gasteiger partial charge in [-0.2, -0.15) is 21.8 Å². The SMILES string of the molecule is CCCCCCCCOS(=O)(=O)c1ncnc(S(=O)(=O)OCCCCCCCC)n1. The fourth-order valence-electron chi connectivity index (χ4n) is 2.72. The van der Waals surface area contributed by atoms with Crippen molar-refractivity contribution in [2.45, 2.75) is 101 Å². The molecule has 11 heteroatoms. The number of hydrogen-bond donors (Lipinski definition) is 0. The van der Waals surface area contributed by atoms with Crippen molar-refractivity contribution in [2.24, 2.45) is 0 Å². The van der Waals surface area contributed by atoms with Gasteiger partial charge in [-0.15, -0.1) is 0 Å². The number of hydrogen-bond acceptors (Lipinski definition) is 9. The second kappa shape index (κ2) is 14.8. The van der Waals surface area contributed by atoms with E-state index in [2.05, 4.69) is 28.8 Å². The molecule has 0 aromatic carbocycles. The van der Waals surface area contributed by atoms with Gasteiger partial charge in [0.2, 0.25) is 0 Å². The van der Waals surface area contributed by atoms with Gasteiger partial charge >= 0.3 is 20.2 Å². The molecule has 0 radical (unpaired) electrons. The number of rotatable bonds is 18. The molecule has 1 aromatic rings. The average Bonchev–Trinajstić information content (AvgIpc) is 2.72. The van der Waals surface area contributed by atoms with Crippen molar-refractivity contribution in [3.8, 4) is 0 Å². The summed E-state index contributed by atoms with van der Waals surface area (Å²) in [6, 6.07) is 0. The summed E-state index contributed by atoms with van der Waals surface area (Å²) in [7, 11) is -8.52. The largest absolute Gasteiger partial charge is 0.333 e. The van der Waals surface area contributed by atoms with E-state index in [0.29, 0.717) is 12.8 Å². The Morgan fingerprint density at radius 1 is 0.633 bits per heavy atom. The highest BCUT2D eigenvalue weighted by Crippen LogP contribution is 2.13. The summed E-state index contributed by atoms with van der Waals surface area (Å²) in [5, 5.41) is -1.46. The zero-order valence-electron chi connectivity index (χ0n) is 18.1. The molecular formula is C19H35N3O6S2. The van der Waals surface area contributed by atoms with Gasteiger partial charge in [-0.3, -0.25) is 8.37 Å². The van der Waals surface area contributed by atoms with E-state index >= 15 is 0 Å². The van der Waals surface area contributed by atoms with Crippen LogP contribution in [0.4, 0.5) is 0 Å². The summed E-state index contributed by atoms with van der Waals surface area (Å²) in [5.41, 5.74) is 0. The second-order valence-electron chi connectivity index (χ2n) is 7.14. The first kappa shape index (κ1) is 26.9. The molecule has 9 nitrogen and oxygen atoms in total. The molecule has 0 aliphatic rings. The minimum absolute atomic E-state index is 0.00322. The molecule has 0 spiro atoms. The van der Waals surface area contributed by atoms with E-state index in [1.54, 1.807) is 0 Å². The molecule has 1 aromatic heterocycles. The molecule has 0 unspecified atom stereocenters. The molecule has 0 amide bonds. The van der Waals surface area contributed by atoms with Crippen LogP contribution >= 0.6 is 0 Å². The van der Waals surface area contributed by atoms with Crippen molar-refractivity contribution in [3.05, 3.63) is 6.33 Å². The van der Waals surface area contributed by atoms with E-state index < -0.39 is 30.5 Å². The highest BCUT2D eigenvalue weighted by Gasteiger charge is 2.25. The topological polar surface area (TPSA) is 125 Å². The highest BCUT2D eigenvalue weighted by molar-refractivity contribution is 7.87. The van der Waals surface area contributed by atoms with Crippen molar-refractivity contribution < 1.29 is 25.2 Å². The van der Waals surface area contributed by atoms with E-state index in [0.717, 1.165) is 70.5 Å². The minimum atomic E-state index is -4.26. The van der Waals surface area contributed by atoms with Crippen LogP contribution in [0.3, 0.4) is 0 Å². The number of aromatic nitrogens is 3. The molecule has 0 saturated heterocycles. The van der Waals surface area contributed by atoms with Gasteiger partial charge in [0.05, 0.1) is 13.2 Å². The lowest BCUT2D eigenvalue weighted by molar-refractivity contribution is 0.298. The molecule has 1 heterocycles. The van der Waals surface area contributed by atoms with Gasteiger partial charge in [0.25, 0.3) is 10.3 Å². The molecule has 0 fully saturated rings. The zero-order chi connectivity index (χ0) is 22.3. The van der Waals surface area contributed by atoms with Crippen LogP contribution in [0, 0.1) is 0 Å². The normalized spacial score (nSPS) is 12.3. The van der Waals surface area contributed by atoms with Crippen LogP contribution in [-0.2, 0) is 28.6 Å². The summed E-state index contributed by atoms with van der Waals surface area (Å²) < 4.78 is 58.7. The lowest BCUT2D eigenvalue weighted by atomic mass is 10.1. The molecule has 1 rings (SSSR count). The molecule has 174 valence electrons. The van der Waals surface area contributed by atoms with Crippen molar-refractivity contribution >= 4 is 20.2 Å². The summed E-state index contributed by atoms with van der Waals surface area (Å²) >= 11 is 0. The number of unbranched alkanes of at least 4 members (excludes halogenated alkanes) is 10. The van der Waals surface area contributed by atoms with Crippen LogP contribution in [0.15, 0.2) is 16.6 Å². The average molecular weight is 466 g/mol. The smallest absolute Gasteiger partial charge is 0.264 e. The first-order valence-corrected chi connectivity index (χ1v) is 13.6. The van der Waals surface area contributed by atoms with Crippen LogP contribution < -0.4 is 0 Å². The van der Waals surface area contributed by atoms with Crippen LogP contribution in [0.2, 0.25) is 0 Å². The lowest BCUT2D eigenvalue weighted by Crippen LogP contribution is -2.17. The van der Waals surface area contributed by atoms with Gasteiger partial charge in [0.1, 0.15) is 6.33 Å². The first-order valence-electron chi connectivity index (χ1n) is 10.8. The molecule has 0 N–H and O–H groups in total. The Bertz CT molecular complexity index is 737. The molecule has 0 saturated carbocycles. The summed E-state index contributed by atoms with van der Waals surface area (Å²) in [6.45, 7) is 4.24. The van der Waals surface area contributed by atoms with Gasteiger partial charge in [-0.25, -0.2) is 9.97 Å². The summed E-state index contributed by atoms with van der Waals surface area (Å²) in [6.07, 6.45) is 12.5. The van der Waals surface area contributed by atoms with E-state index in [1.165, 1.54) is 0 Å². The quantitative estimate of drug-likeness (QED) is 0.233. The second-order valence-corrected chi connectivity index (χ2v) is 10.2. The van der Waals surface area contributed by atoms with Crippen LogP contribution in [-0.4, -0.2) is 45.0 Å². The molecular weight excluding hydrogens is 430 g/mol. The van der Waals surface area contributed by atoms with Crippen molar-refractivity contribution in [1.29, 1.82) is 0 Å². The van der Waals surface area contributed by atoms with Crippen LogP contribution in [0.25, 0.3) is 0 Å². The third-order valence-corrected chi connectivity index (χ3v) is 6.69. The predicted molar refractivity (Wildman–Crippen MR) is 113 cm³/mol. The predicted octanol–water partition coefficient (Wildman–Crippen LogP) is 4.00. The Hall–Kier alpha value is -1.17. The van der Waals surface area contributed by atoms with E-state index in [1.807, 2.05) is 0 Å². The molecule has 0 aliphatic carbocycles. The van der Waals surface area contributed by atoms with Crippen molar-refractivity contribution in [1.82, 2.24) is 15.0 Å². The fraction of sp³-hybridized carbons (Fsp3) is 0.842. The third kappa shape index (κ3) is 10.7. The van der Waals surface area contributed by atoms with Crippen LogP contribution in [0.1, 0.15) is 90.9 Å². The molecule has 0 bridgehead atoms. The van der Waals surface area contributed by atoms with E-state index in [-0.39, 0.29) is 13.2 Å². The monoisotopic (exact) mass is 465 g/mol.